The van der Waals surface area contributed by atoms with E-state index < -0.39 is 38.4 Å². The molecule has 180 valence electrons. The molecule has 33 heavy (non-hydrogen) atoms. The molecule has 0 unspecified atom stereocenters. The molecule has 4 rings (SSSR count). The Bertz CT molecular complexity index is 1090. The van der Waals surface area contributed by atoms with Gasteiger partial charge < -0.3 is 10.2 Å². The molecule has 2 atom stereocenters. The molecule has 1 aliphatic carbocycles. The lowest BCUT2D eigenvalue weighted by atomic mass is 9.69. The van der Waals surface area contributed by atoms with Gasteiger partial charge in [0.15, 0.2) is 0 Å². The zero-order valence-corrected chi connectivity index (χ0v) is 19.6. The average molecular weight is 480 g/mol. The van der Waals surface area contributed by atoms with Gasteiger partial charge in [-0.3, -0.25) is 0 Å². The molecule has 1 aliphatic heterocycles. The fraction of sp³-hybridized carbons (Fsp3) is 0.520. The van der Waals surface area contributed by atoms with Gasteiger partial charge in [0.25, 0.3) is 0 Å². The van der Waals surface area contributed by atoms with E-state index in [-0.39, 0.29) is 30.3 Å². The van der Waals surface area contributed by atoms with E-state index >= 15 is 8.78 Å². The molecule has 2 N–H and O–H groups in total. The third-order valence-corrected chi connectivity index (χ3v) is 9.81. The minimum atomic E-state index is -3.77. The number of hydrogen-bond donors (Lipinski definition) is 2. The summed E-state index contributed by atoms with van der Waals surface area (Å²) in [5.74, 6) is -1.34. The Balaban J connectivity index is 1.64. The molecule has 0 spiro atoms. The minimum absolute atomic E-state index is 0.0238. The van der Waals surface area contributed by atoms with Crippen LogP contribution in [0.2, 0.25) is 0 Å². The lowest BCUT2D eigenvalue weighted by molar-refractivity contribution is 0.0656. The van der Waals surface area contributed by atoms with Crippen molar-refractivity contribution in [3.8, 4) is 0 Å². The maximum absolute atomic E-state index is 15.2. The highest BCUT2D eigenvalue weighted by Crippen LogP contribution is 2.42. The van der Waals surface area contributed by atoms with Crippen LogP contribution in [0.1, 0.15) is 67.4 Å². The molecular formula is C25H31F2NO4S. The van der Waals surface area contributed by atoms with E-state index in [1.165, 1.54) is 4.31 Å². The average Bonchev–Trinajstić information content (AvgIpc) is 2.80. The maximum atomic E-state index is 15.2. The van der Waals surface area contributed by atoms with Crippen molar-refractivity contribution < 1.29 is 27.4 Å². The Hall–Kier alpha value is -1.87. The van der Waals surface area contributed by atoms with Gasteiger partial charge >= 0.3 is 0 Å². The van der Waals surface area contributed by atoms with Crippen molar-refractivity contribution >= 4 is 10.0 Å². The summed E-state index contributed by atoms with van der Waals surface area (Å²) in [7, 11) is -3.77. The van der Waals surface area contributed by atoms with Gasteiger partial charge in [0.1, 0.15) is 16.9 Å². The van der Waals surface area contributed by atoms with Gasteiger partial charge in [0.2, 0.25) is 10.0 Å². The number of hydrogen-bond acceptors (Lipinski definition) is 4. The summed E-state index contributed by atoms with van der Waals surface area (Å²) in [6.07, 6.45) is 2.14. The van der Waals surface area contributed by atoms with Crippen molar-refractivity contribution in [2.75, 3.05) is 6.61 Å². The predicted molar refractivity (Wildman–Crippen MR) is 122 cm³/mol. The van der Waals surface area contributed by atoms with Gasteiger partial charge in [0.05, 0.1) is 12.7 Å². The first-order valence-corrected chi connectivity index (χ1v) is 13.0. The Kier molecular flexibility index (Phi) is 6.92. The van der Waals surface area contributed by atoms with E-state index in [0.29, 0.717) is 44.1 Å². The topological polar surface area (TPSA) is 77.8 Å². The van der Waals surface area contributed by atoms with Crippen LogP contribution in [0.15, 0.2) is 42.5 Å². The molecule has 5 nitrogen and oxygen atoms in total. The highest BCUT2D eigenvalue weighted by Gasteiger charge is 2.42. The SMILES string of the molecule is C[C@H]1CC[C@H](c2ccccc2)S(=O)(=O)N1Cc1cc(F)c(C2(CO)CCC(O)CC2)cc1F. The third-order valence-electron chi connectivity index (χ3n) is 7.44. The summed E-state index contributed by atoms with van der Waals surface area (Å²) >= 11 is 0. The summed E-state index contributed by atoms with van der Waals surface area (Å²) < 4.78 is 58.5. The van der Waals surface area contributed by atoms with Crippen LogP contribution < -0.4 is 0 Å². The minimum Gasteiger partial charge on any atom is -0.395 e. The molecular weight excluding hydrogens is 448 g/mol. The van der Waals surface area contributed by atoms with Gasteiger partial charge in [-0.15, -0.1) is 0 Å². The van der Waals surface area contributed by atoms with E-state index in [4.69, 9.17) is 0 Å². The first-order chi connectivity index (χ1) is 15.7. The van der Waals surface area contributed by atoms with Gasteiger partial charge in [-0.2, -0.15) is 4.31 Å². The summed E-state index contributed by atoms with van der Waals surface area (Å²) in [5.41, 5.74) is -0.175. The zero-order valence-electron chi connectivity index (χ0n) is 18.8. The first kappa shape index (κ1) is 24.3. The van der Waals surface area contributed by atoms with Crippen molar-refractivity contribution in [1.82, 2.24) is 4.31 Å². The molecule has 0 radical (unpaired) electrons. The number of rotatable bonds is 5. The van der Waals surface area contributed by atoms with E-state index in [0.717, 1.165) is 12.1 Å². The Morgan fingerprint density at radius 1 is 1.03 bits per heavy atom. The normalized spacial score (nSPS) is 30.3. The molecule has 2 aromatic carbocycles. The van der Waals surface area contributed by atoms with Crippen molar-refractivity contribution in [2.24, 2.45) is 0 Å². The van der Waals surface area contributed by atoms with Crippen molar-refractivity contribution in [3.63, 3.8) is 0 Å². The summed E-state index contributed by atoms with van der Waals surface area (Å²) in [4.78, 5) is 0. The highest BCUT2D eigenvalue weighted by molar-refractivity contribution is 7.89. The molecule has 1 saturated carbocycles. The van der Waals surface area contributed by atoms with Gasteiger partial charge in [0, 0.05) is 23.6 Å². The van der Waals surface area contributed by atoms with Crippen molar-refractivity contribution in [1.29, 1.82) is 0 Å². The molecule has 2 fully saturated rings. The molecule has 8 heteroatoms. The Labute approximate surface area is 194 Å². The van der Waals surface area contributed by atoms with Crippen LogP contribution in [0, 0.1) is 11.6 Å². The van der Waals surface area contributed by atoms with Gasteiger partial charge in [-0.1, -0.05) is 30.3 Å². The molecule has 0 amide bonds. The molecule has 0 aromatic heterocycles. The number of aliphatic hydroxyl groups excluding tert-OH is 2. The first-order valence-electron chi connectivity index (χ1n) is 11.5. The summed E-state index contributed by atoms with van der Waals surface area (Å²) in [6, 6.07) is 10.8. The lowest BCUT2D eigenvalue weighted by Crippen LogP contribution is -2.45. The zero-order chi connectivity index (χ0) is 23.8. The highest BCUT2D eigenvalue weighted by atomic mass is 32.2. The smallest absolute Gasteiger partial charge is 0.221 e. The van der Waals surface area contributed by atoms with Crippen LogP contribution in [0.5, 0.6) is 0 Å². The number of sulfonamides is 1. The van der Waals surface area contributed by atoms with E-state index in [2.05, 4.69) is 0 Å². The largest absolute Gasteiger partial charge is 0.395 e. The predicted octanol–water partition coefficient (Wildman–Crippen LogP) is 4.19. The molecule has 0 bridgehead atoms. The van der Waals surface area contributed by atoms with Crippen LogP contribution in [0.25, 0.3) is 0 Å². The number of nitrogens with zero attached hydrogens (tertiary/aromatic N) is 1. The van der Waals surface area contributed by atoms with Crippen LogP contribution in [0.3, 0.4) is 0 Å². The van der Waals surface area contributed by atoms with E-state index in [9.17, 15) is 18.6 Å². The molecule has 1 saturated heterocycles. The van der Waals surface area contributed by atoms with Crippen molar-refractivity contribution in [2.45, 2.75) is 74.8 Å². The second-order valence-electron chi connectivity index (χ2n) is 9.51. The van der Waals surface area contributed by atoms with Crippen LogP contribution in [0.4, 0.5) is 8.78 Å². The second kappa shape index (κ2) is 9.41. The van der Waals surface area contributed by atoms with Gasteiger partial charge in [-0.05, 0) is 68.7 Å². The number of benzene rings is 2. The fourth-order valence-electron chi connectivity index (χ4n) is 5.30. The fourth-order valence-corrected chi connectivity index (χ4v) is 7.49. The second-order valence-corrected chi connectivity index (χ2v) is 11.6. The van der Waals surface area contributed by atoms with E-state index in [1.54, 1.807) is 31.2 Å². The molecule has 2 aliphatic rings. The molecule has 2 aromatic rings. The number of aliphatic hydroxyl groups is 2. The monoisotopic (exact) mass is 479 g/mol. The Morgan fingerprint density at radius 2 is 1.70 bits per heavy atom. The summed E-state index contributed by atoms with van der Waals surface area (Å²) in [6.45, 7) is 1.20. The lowest BCUT2D eigenvalue weighted by Gasteiger charge is -2.39. The molecule has 1 heterocycles. The van der Waals surface area contributed by atoms with Crippen LogP contribution in [-0.4, -0.2) is 41.7 Å². The van der Waals surface area contributed by atoms with Gasteiger partial charge in [-0.25, -0.2) is 17.2 Å². The third kappa shape index (κ3) is 4.58. The van der Waals surface area contributed by atoms with Crippen LogP contribution in [-0.2, 0) is 22.0 Å². The van der Waals surface area contributed by atoms with E-state index in [1.807, 2.05) is 6.07 Å². The standard InChI is InChI=1S/C25H31F2NO4S/c1-17-7-8-24(18-5-3-2-4-6-18)33(31,32)28(17)15-19-13-23(27)21(14-22(19)26)25(16-29)11-9-20(30)10-12-25/h2-6,13-14,17,20,24,29-30H,7-12,15-16H2,1H3/t17-,20?,24+,25?/m0/s1. The number of halogens is 2. The Morgan fingerprint density at radius 3 is 2.33 bits per heavy atom. The maximum Gasteiger partial charge on any atom is 0.221 e. The van der Waals surface area contributed by atoms with Crippen LogP contribution >= 0.6 is 0 Å². The van der Waals surface area contributed by atoms with Crippen molar-refractivity contribution in [3.05, 3.63) is 70.8 Å². The quantitative estimate of drug-likeness (QED) is 0.674. The summed E-state index contributed by atoms with van der Waals surface area (Å²) in [5, 5.41) is 19.1.